The van der Waals surface area contributed by atoms with Crippen molar-refractivity contribution in [1.29, 1.82) is 0 Å². The minimum atomic E-state index is -0.491. The molecule has 4 aromatic rings. The van der Waals surface area contributed by atoms with E-state index in [1.165, 1.54) is 42.6 Å². The molecule has 1 aromatic heterocycles. The zero-order chi connectivity index (χ0) is 25.3. The molecule has 0 amide bonds. The number of nitrogens with one attached hydrogen (secondary N) is 3. The summed E-state index contributed by atoms with van der Waals surface area (Å²) in [5.74, 6) is -0.110. The largest absolute Gasteiger partial charge is 0.350 e. The van der Waals surface area contributed by atoms with Crippen LogP contribution in [0.2, 0.25) is 0 Å². The molecule has 0 saturated heterocycles. The summed E-state index contributed by atoms with van der Waals surface area (Å²) in [7, 11) is 0. The molecule has 0 fully saturated rings. The first kappa shape index (κ1) is 24.1. The summed E-state index contributed by atoms with van der Waals surface area (Å²) in [4.78, 5) is 23.4. The van der Waals surface area contributed by atoms with Gasteiger partial charge in [-0.05, 0) is 35.4 Å². The Kier molecular flexibility index (Phi) is 7.66. The average Bonchev–Trinajstić information content (AvgIpc) is 2.88. The fourth-order valence-corrected chi connectivity index (χ4v) is 3.03. The molecule has 1 heterocycles. The Morgan fingerprint density at radius 2 is 1.33 bits per heavy atom. The molecule has 0 bridgehead atoms. The summed E-state index contributed by atoms with van der Waals surface area (Å²) in [6, 6.07) is 18.0. The second-order valence-electron chi connectivity index (χ2n) is 7.49. The van der Waals surface area contributed by atoms with Crippen LogP contribution in [0.25, 0.3) is 0 Å². The Bertz CT molecular complexity index is 1300. The zero-order valence-electron chi connectivity index (χ0n) is 18.7. The molecule has 0 radical (unpaired) electrons. The van der Waals surface area contributed by atoms with E-state index in [2.05, 4.69) is 36.1 Å². The van der Waals surface area contributed by atoms with Crippen molar-refractivity contribution in [2.24, 2.45) is 5.10 Å². The Morgan fingerprint density at radius 1 is 0.806 bits per heavy atom. The monoisotopic (exact) mass is 490 g/mol. The predicted octanol–water partition coefficient (Wildman–Crippen LogP) is 4.73. The van der Waals surface area contributed by atoms with Crippen LogP contribution in [-0.4, -0.2) is 26.1 Å². The van der Waals surface area contributed by atoms with Crippen molar-refractivity contribution >= 4 is 29.7 Å². The van der Waals surface area contributed by atoms with Gasteiger partial charge in [0.15, 0.2) is 0 Å². The van der Waals surface area contributed by atoms with Gasteiger partial charge in [0.2, 0.25) is 17.8 Å². The van der Waals surface area contributed by atoms with Crippen molar-refractivity contribution in [3.8, 4) is 0 Å². The number of nitro groups is 1. The summed E-state index contributed by atoms with van der Waals surface area (Å²) >= 11 is 0. The number of non-ortho nitro benzene ring substituents is 1. The number of hydrogen-bond acceptors (Lipinski definition) is 9. The minimum Gasteiger partial charge on any atom is -0.350 e. The number of nitro benzene ring substituents is 1. The Morgan fingerprint density at radius 3 is 1.86 bits per heavy atom. The lowest BCUT2D eigenvalue weighted by molar-refractivity contribution is -0.384. The maximum absolute atomic E-state index is 13.2. The third kappa shape index (κ3) is 7.00. The van der Waals surface area contributed by atoms with E-state index in [0.29, 0.717) is 18.7 Å². The smallest absolute Gasteiger partial charge is 0.270 e. The van der Waals surface area contributed by atoms with Crippen LogP contribution in [0.1, 0.15) is 16.7 Å². The molecule has 0 spiro atoms. The SMILES string of the molecule is O=[N+]([O-])c1cccc(/C=N/Nc2nc(NCc3ccc(F)cc3)nc(NCc3ccc(F)cc3)n2)c1. The molecule has 0 atom stereocenters. The maximum Gasteiger partial charge on any atom is 0.270 e. The number of anilines is 3. The third-order valence-corrected chi connectivity index (χ3v) is 4.82. The number of rotatable bonds is 10. The molecule has 0 aliphatic heterocycles. The lowest BCUT2D eigenvalue weighted by Crippen LogP contribution is -2.11. The highest BCUT2D eigenvalue weighted by molar-refractivity contribution is 5.81. The molecule has 10 nitrogen and oxygen atoms in total. The molecule has 3 aromatic carbocycles. The van der Waals surface area contributed by atoms with Crippen LogP contribution in [0.5, 0.6) is 0 Å². The van der Waals surface area contributed by atoms with Crippen LogP contribution in [-0.2, 0) is 13.1 Å². The predicted molar refractivity (Wildman–Crippen MR) is 132 cm³/mol. The van der Waals surface area contributed by atoms with E-state index in [-0.39, 0.29) is 35.2 Å². The van der Waals surface area contributed by atoms with Gasteiger partial charge in [-0.3, -0.25) is 10.1 Å². The van der Waals surface area contributed by atoms with Gasteiger partial charge >= 0.3 is 0 Å². The van der Waals surface area contributed by atoms with E-state index in [1.54, 1.807) is 36.4 Å². The Labute approximate surface area is 204 Å². The quantitative estimate of drug-likeness (QED) is 0.165. The third-order valence-electron chi connectivity index (χ3n) is 4.82. The maximum atomic E-state index is 13.2. The number of benzene rings is 3. The van der Waals surface area contributed by atoms with Crippen molar-refractivity contribution in [2.75, 3.05) is 16.1 Å². The lowest BCUT2D eigenvalue weighted by Gasteiger charge is -2.10. The van der Waals surface area contributed by atoms with Crippen LogP contribution in [0.4, 0.5) is 32.3 Å². The first-order valence-corrected chi connectivity index (χ1v) is 10.7. The molecular formula is C24H20F2N8O2. The highest BCUT2D eigenvalue weighted by Gasteiger charge is 2.08. The molecule has 182 valence electrons. The van der Waals surface area contributed by atoms with E-state index in [4.69, 9.17) is 0 Å². The summed E-state index contributed by atoms with van der Waals surface area (Å²) in [5.41, 5.74) is 4.78. The van der Waals surface area contributed by atoms with Crippen molar-refractivity contribution in [3.63, 3.8) is 0 Å². The van der Waals surface area contributed by atoms with Gasteiger partial charge in [-0.1, -0.05) is 36.4 Å². The van der Waals surface area contributed by atoms with Gasteiger partial charge in [0.1, 0.15) is 11.6 Å². The molecule has 0 unspecified atom stereocenters. The first-order chi connectivity index (χ1) is 17.4. The van der Waals surface area contributed by atoms with Crippen LogP contribution >= 0.6 is 0 Å². The Balaban J connectivity index is 1.49. The van der Waals surface area contributed by atoms with Crippen molar-refractivity contribution in [1.82, 2.24) is 15.0 Å². The molecule has 0 aliphatic rings. The van der Waals surface area contributed by atoms with Gasteiger partial charge in [0, 0.05) is 30.8 Å². The average molecular weight is 490 g/mol. The summed E-state index contributed by atoms with van der Waals surface area (Å²) in [5, 5.41) is 21.1. The standard InChI is InChI=1S/C24H20F2N8O2/c25-19-8-4-16(5-9-19)13-27-22-30-23(28-14-17-6-10-20(26)11-7-17)32-24(31-22)33-29-15-18-2-1-3-21(12-18)34(35)36/h1-12,15H,13-14H2,(H3,27,28,30,31,32,33)/b29-15+. The number of aromatic nitrogens is 3. The molecule has 3 N–H and O–H groups in total. The molecule has 0 saturated carbocycles. The summed E-state index contributed by atoms with van der Waals surface area (Å²) in [6.07, 6.45) is 1.40. The number of hydrogen-bond donors (Lipinski definition) is 3. The highest BCUT2D eigenvalue weighted by atomic mass is 19.1. The fraction of sp³-hybridized carbons (Fsp3) is 0.0833. The summed E-state index contributed by atoms with van der Waals surface area (Å²) in [6.45, 7) is 0.663. The Hall–Kier alpha value is -5.00. The van der Waals surface area contributed by atoms with Crippen molar-refractivity contribution < 1.29 is 13.7 Å². The molecule has 4 rings (SSSR count). The minimum absolute atomic E-state index is 0.0568. The lowest BCUT2D eigenvalue weighted by atomic mass is 10.2. The van der Waals surface area contributed by atoms with Gasteiger partial charge in [0.05, 0.1) is 11.1 Å². The fourth-order valence-electron chi connectivity index (χ4n) is 3.03. The number of nitrogens with zero attached hydrogens (tertiary/aromatic N) is 5. The van der Waals surface area contributed by atoms with Crippen LogP contribution < -0.4 is 16.1 Å². The first-order valence-electron chi connectivity index (χ1n) is 10.7. The molecule has 12 heteroatoms. The van der Waals surface area contributed by atoms with Crippen LogP contribution in [0.15, 0.2) is 77.9 Å². The summed E-state index contributed by atoms with van der Waals surface area (Å²) < 4.78 is 26.3. The molecular weight excluding hydrogens is 470 g/mol. The van der Waals surface area contributed by atoms with E-state index in [0.717, 1.165) is 11.1 Å². The van der Waals surface area contributed by atoms with Gasteiger partial charge in [-0.2, -0.15) is 20.1 Å². The highest BCUT2D eigenvalue weighted by Crippen LogP contribution is 2.14. The van der Waals surface area contributed by atoms with E-state index < -0.39 is 4.92 Å². The van der Waals surface area contributed by atoms with Gasteiger partial charge in [-0.15, -0.1) is 0 Å². The van der Waals surface area contributed by atoms with E-state index in [9.17, 15) is 18.9 Å². The van der Waals surface area contributed by atoms with E-state index in [1.807, 2.05) is 0 Å². The van der Waals surface area contributed by atoms with Gasteiger partial charge in [0.25, 0.3) is 5.69 Å². The van der Waals surface area contributed by atoms with Gasteiger partial charge < -0.3 is 10.6 Å². The molecule has 0 aliphatic carbocycles. The topological polar surface area (TPSA) is 130 Å². The molecule has 36 heavy (non-hydrogen) atoms. The number of halogens is 2. The number of hydrazone groups is 1. The zero-order valence-corrected chi connectivity index (χ0v) is 18.7. The second-order valence-corrected chi connectivity index (χ2v) is 7.49. The van der Waals surface area contributed by atoms with E-state index >= 15 is 0 Å². The van der Waals surface area contributed by atoms with Crippen LogP contribution in [0.3, 0.4) is 0 Å². The van der Waals surface area contributed by atoms with Crippen molar-refractivity contribution in [3.05, 3.63) is 111 Å². The normalized spacial score (nSPS) is 10.8. The van der Waals surface area contributed by atoms with Crippen LogP contribution in [0, 0.1) is 21.7 Å². The van der Waals surface area contributed by atoms with Crippen molar-refractivity contribution in [2.45, 2.75) is 13.1 Å². The van der Waals surface area contributed by atoms with Gasteiger partial charge in [-0.25, -0.2) is 14.2 Å². The second kappa shape index (κ2) is 11.4.